The van der Waals surface area contributed by atoms with Crippen LogP contribution in [-0.2, 0) is 6.18 Å². The Hall–Kier alpha value is -3.14. The number of aromatic amines is 1. The van der Waals surface area contributed by atoms with Crippen LogP contribution in [0.1, 0.15) is 12.0 Å². The van der Waals surface area contributed by atoms with E-state index in [-0.39, 0.29) is 12.1 Å². The van der Waals surface area contributed by atoms with Gasteiger partial charge in [0, 0.05) is 19.3 Å². The molecule has 0 saturated carbocycles. The molecule has 0 unspecified atom stereocenters. The van der Waals surface area contributed by atoms with E-state index in [1.165, 1.54) is 6.07 Å². The maximum atomic E-state index is 13.1. The van der Waals surface area contributed by atoms with Gasteiger partial charge in [0.25, 0.3) is 0 Å². The molecule has 0 saturated heterocycles. The normalized spacial score (nSPS) is 12.1. The summed E-state index contributed by atoms with van der Waals surface area (Å²) in [6, 6.07) is 5.18. The Kier molecular flexibility index (Phi) is 4.19. The quantitative estimate of drug-likeness (QED) is 0.466. The van der Waals surface area contributed by atoms with Gasteiger partial charge < -0.3 is 10.4 Å². The summed E-state index contributed by atoms with van der Waals surface area (Å²) in [5.41, 5.74) is 1.71. The van der Waals surface area contributed by atoms with Gasteiger partial charge in [0.05, 0.1) is 34.2 Å². The zero-order chi connectivity index (χ0) is 19.0. The van der Waals surface area contributed by atoms with Crippen molar-refractivity contribution in [2.75, 3.05) is 18.5 Å². The average Bonchev–Trinajstić information content (AvgIpc) is 3.30. The molecule has 10 heteroatoms. The molecule has 4 aromatic rings. The van der Waals surface area contributed by atoms with Crippen LogP contribution in [0.5, 0.6) is 0 Å². The van der Waals surface area contributed by atoms with Crippen LogP contribution in [0.15, 0.2) is 36.7 Å². The topological polar surface area (TPSA) is 91.1 Å². The Balaban J connectivity index is 1.98. The van der Waals surface area contributed by atoms with Gasteiger partial charge in [-0.15, -0.1) is 0 Å². The van der Waals surface area contributed by atoms with Gasteiger partial charge in [-0.05, 0) is 30.7 Å². The van der Waals surface area contributed by atoms with Crippen molar-refractivity contribution in [1.29, 1.82) is 0 Å². The monoisotopic (exact) mass is 376 g/mol. The van der Waals surface area contributed by atoms with Gasteiger partial charge in [-0.25, -0.2) is 9.97 Å². The van der Waals surface area contributed by atoms with Gasteiger partial charge in [-0.1, -0.05) is 0 Å². The predicted octanol–water partition coefficient (Wildman–Crippen LogP) is 3.09. The molecular weight excluding hydrogens is 361 g/mol. The van der Waals surface area contributed by atoms with E-state index < -0.39 is 11.7 Å². The van der Waals surface area contributed by atoms with Gasteiger partial charge >= 0.3 is 6.18 Å². The first-order valence-electron chi connectivity index (χ1n) is 8.22. The molecule has 3 heterocycles. The molecule has 0 amide bonds. The van der Waals surface area contributed by atoms with Crippen molar-refractivity contribution < 1.29 is 18.3 Å². The zero-order valence-corrected chi connectivity index (χ0v) is 14.0. The number of anilines is 1. The lowest BCUT2D eigenvalue weighted by Gasteiger charge is -2.13. The molecule has 0 atom stereocenters. The predicted molar refractivity (Wildman–Crippen MR) is 93.3 cm³/mol. The summed E-state index contributed by atoms with van der Waals surface area (Å²) in [5.74, 6) is 0.348. The van der Waals surface area contributed by atoms with E-state index in [1.807, 2.05) is 0 Å². The smallest absolute Gasteiger partial charge is 0.396 e. The van der Waals surface area contributed by atoms with E-state index in [0.29, 0.717) is 41.3 Å². The first-order valence-corrected chi connectivity index (χ1v) is 8.22. The number of H-pyrrole nitrogens is 1. The Morgan fingerprint density at radius 2 is 2.07 bits per heavy atom. The summed E-state index contributed by atoms with van der Waals surface area (Å²) >= 11 is 0. The van der Waals surface area contributed by atoms with Crippen molar-refractivity contribution in [1.82, 2.24) is 24.6 Å². The molecule has 0 bridgehead atoms. The zero-order valence-electron chi connectivity index (χ0n) is 14.0. The number of alkyl halides is 3. The molecule has 4 rings (SSSR count). The van der Waals surface area contributed by atoms with Gasteiger partial charge in [-0.2, -0.15) is 18.3 Å². The number of halogens is 3. The number of aromatic nitrogens is 5. The summed E-state index contributed by atoms with van der Waals surface area (Å²) in [6.07, 6.45) is -0.793. The van der Waals surface area contributed by atoms with Crippen molar-refractivity contribution in [3.63, 3.8) is 0 Å². The first-order chi connectivity index (χ1) is 13.0. The Labute approximate surface area is 150 Å². The van der Waals surface area contributed by atoms with Crippen LogP contribution >= 0.6 is 0 Å². The van der Waals surface area contributed by atoms with Crippen molar-refractivity contribution in [2.45, 2.75) is 12.6 Å². The second-order valence-electron chi connectivity index (χ2n) is 5.94. The molecule has 140 valence electrons. The number of hydrogen-bond donors (Lipinski definition) is 3. The molecule has 0 aliphatic heterocycles. The number of fused-ring (bicyclic) bond motifs is 3. The van der Waals surface area contributed by atoms with Crippen molar-refractivity contribution in [2.24, 2.45) is 0 Å². The van der Waals surface area contributed by atoms with Crippen molar-refractivity contribution in [3.8, 4) is 11.4 Å². The minimum absolute atomic E-state index is 0.0110. The standard InChI is InChI=1S/C17H15F3N6O/c18-17(19,20)10-2-3-13-12(8-10)24-15(21-5-1-7-27)16-22-9-14(26(13)16)11-4-6-23-25-11/h2-4,6,8-9,27H,1,5,7H2,(H,21,24)(H,23,25). The second-order valence-corrected chi connectivity index (χ2v) is 5.94. The van der Waals surface area contributed by atoms with E-state index in [0.717, 1.165) is 12.1 Å². The summed E-state index contributed by atoms with van der Waals surface area (Å²) in [5, 5.41) is 18.8. The fourth-order valence-corrected chi connectivity index (χ4v) is 2.90. The average molecular weight is 376 g/mol. The van der Waals surface area contributed by atoms with Crippen LogP contribution < -0.4 is 5.32 Å². The number of hydrogen-bond acceptors (Lipinski definition) is 5. The minimum Gasteiger partial charge on any atom is -0.396 e. The lowest BCUT2D eigenvalue weighted by Crippen LogP contribution is -2.09. The van der Waals surface area contributed by atoms with Crippen LogP contribution in [0, 0.1) is 0 Å². The van der Waals surface area contributed by atoms with E-state index in [9.17, 15) is 13.2 Å². The molecule has 3 N–H and O–H groups in total. The largest absolute Gasteiger partial charge is 0.416 e. The summed E-state index contributed by atoms with van der Waals surface area (Å²) in [7, 11) is 0. The molecule has 27 heavy (non-hydrogen) atoms. The first kappa shape index (κ1) is 17.3. The van der Waals surface area contributed by atoms with E-state index in [1.54, 1.807) is 22.9 Å². The third-order valence-electron chi connectivity index (χ3n) is 4.15. The highest BCUT2D eigenvalue weighted by atomic mass is 19.4. The van der Waals surface area contributed by atoms with Crippen LogP contribution in [0.4, 0.5) is 19.0 Å². The maximum Gasteiger partial charge on any atom is 0.416 e. The van der Waals surface area contributed by atoms with Gasteiger partial charge in [0.15, 0.2) is 11.5 Å². The van der Waals surface area contributed by atoms with Crippen molar-refractivity contribution >= 4 is 22.5 Å². The highest BCUT2D eigenvalue weighted by molar-refractivity contribution is 5.86. The van der Waals surface area contributed by atoms with Crippen LogP contribution in [0.2, 0.25) is 0 Å². The lowest BCUT2D eigenvalue weighted by atomic mass is 10.2. The number of aliphatic hydroxyl groups is 1. The SMILES string of the molecule is OCCCNc1nc2cc(C(F)(F)F)ccc2n2c(-c3ccn[nH]3)cnc12. The highest BCUT2D eigenvalue weighted by Gasteiger charge is 2.31. The molecule has 0 fully saturated rings. The second kappa shape index (κ2) is 6.54. The Bertz CT molecular complexity index is 1090. The molecular formula is C17H15F3N6O. The van der Waals surface area contributed by atoms with Crippen molar-refractivity contribution in [3.05, 3.63) is 42.2 Å². The Morgan fingerprint density at radius 3 is 2.78 bits per heavy atom. The van der Waals surface area contributed by atoms with E-state index in [4.69, 9.17) is 5.11 Å². The van der Waals surface area contributed by atoms with Crippen LogP contribution in [-0.4, -0.2) is 42.8 Å². The van der Waals surface area contributed by atoms with Crippen LogP contribution in [0.3, 0.4) is 0 Å². The van der Waals surface area contributed by atoms with E-state index >= 15 is 0 Å². The molecule has 0 radical (unpaired) electrons. The molecule has 3 aromatic heterocycles. The fourth-order valence-electron chi connectivity index (χ4n) is 2.90. The third kappa shape index (κ3) is 3.08. The van der Waals surface area contributed by atoms with Gasteiger partial charge in [0.2, 0.25) is 0 Å². The Morgan fingerprint density at radius 1 is 1.22 bits per heavy atom. The number of nitrogens with zero attached hydrogens (tertiary/aromatic N) is 4. The summed E-state index contributed by atoms with van der Waals surface area (Å²) in [4.78, 5) is 8.72. The number of benzene rings is 1. The fraction of sp³-hybridized carbons (Fsp3) is 0.235. The third-order valence-corrected chi connectivity index (χ3v) is 4.15. The van der Waals surface area contributed by atoms with Crippen LogP contribution in [0.25, 0.3) is 28.1 Å². The van der Waals surface area contributed by atoms with Gasteiger partial charge in [0.1, 0.15) is 0 Å². The molecule has 1 aromatic carbocycles. The number of rotatable bonds is 5. The number of imidazole rings is 1. The highest BCUT2D eigenvalue weighted by Crippen LogP contribution is 2.33. The van der Waals surface area contributed by atoms with Gasteiger partial charge in [-0.3, -0.25) is 9.50 Å². The minimum atomic E-state index is -4.46. The lowest BCUT2D eigenvalue weighted by molar-refractivity contribution is -0.137. The van der Waals surface area contributed by atoms with E-state index in [2.05, 4.69) is 25.5 Å². The molecule has 0 aliphatic carbocycles. The molecule has 7 nitrogen and oxygen atoms in total. The summed E-state index contributed by atoms with van der Waals surface area (Å²) < 4.78 is 41.1. The molecule has 0 spiro atoms. The number of aliphatic hydroxyl groups excluding tert-OH is 1. The maximum absolute atomic E-state index is 13.1. The molecule has 0 aliphatic rings. The number of nitrogens with one attached hydrogen (secondary N) is 2. The summed E-state index contributed by atoms with van der Waals surface area (Å²) in [6.45, 7) is 0.402.